The molecule has 6 nitrogen and oxygen atoms in total. The molecule has 26 heavy (non-hydrogen) atoms. The van der Waals surface area contributed by atoms with Gasteiger partial charge in [0, 0.05) is 42.4 Å². The molecule has 7 heteroatoms. The number of aromatic nitrogens is 1. The van der Waals surface area contributed by atoms with Crippen molar-refractivity contribution in [2.45, 2.75) is 66.0 Å². The lowest BCUT2D eigenvalue weighted by Crippen LogP contribution is -2.45. The molecule has 1 aromatic heterocycles. The van der Waals surface area contributed by atoms with E-state index >= 15 is 0 Å². The topological polar surface area (TPSA) is 69.6 Å². The van der Waals surface area contributed by atoms with E-state index in [9.17, 15) is 4.79 Å². The first kappa shape index (κ1) is 20.7. The van der Waals surface area contributed by atoms with Crippen LogP contribution in [0.25, 0.3) is 0 Å². The van der Waals surface area contributed by atoms with Gasteiger partial charge in [-0.05, 0) is 13.3 Å². The molecule has 0 saturated carbocycles. The maximum atomic E-state index is 12.1. The maximum Gasteiger partial charge on any atom is 0.225 e. The van der Waals surface area contributed by atoms with Crippen LogP contribution >= 0.6 is 11.3 Å². The van der Waals surface area contributed by atoms with Crippen LogP contribution in [0.5, 0.6) is 0 Å². The van der Waals surface area contributed by atoms with E-state index in [-0.39, 0.29) is 23.3 Å². The molecule has 0 aliphatic carbocycles. The van der Waals surface area contributed by atoms with Gasteiger partial charge in [-0.1, -0.05) is 34.6 Å². The number of nitrogens with zero attached hydrogens (tertiary/aromatic N) is 3. The summed E-state index contributed by atoms with van der Waals surface area (Å²) in [7, 11) is 0. The first-order valence-corrected chi connectivity index (χ1v) is 10.4. The van der Waals surface area contributed by atoms with Crippen LogP contribution in [0.15, 0.2) is 10.4 Å². The average Bonchev–Trinajstić information content (AvgIpc) is 3.21. The third-order valence-corrected chi connectivity index (χ3v) is 5.59. The minimum Gasteiger partial charge on any atom is -0.357 e. The Morgan fingerprint density at radius 1 is 1.46 bits per heavy atom. The molecule has 2 heterocycles. The van der Waals surface area contributed by atoms with Crippen LogP contribution in [0.2, 0.25) is 0 Å². The highest BCUT2D eigenvalue weighted by atomic mass is 32.1. The van der Waals surface area contributed by atoms with E-state index in [0.29, 0.717) is 6.54 Å². The Balaban J connectivity index is 1.95. The van der Waals surface area contributed by atoms with Gasteiger partial charge in [0.25, 0.3) is 0 Å². The quantitative estimate of drug-likeness (QED) is 0.610. The van der Waals surface area contributed by atoms with Gasteiger partial charge in [0.2, 0.25) is 5.91 Å². The van der Waals surface area contributed by atoms with Gasteiger partial charge < -0.3 is 15.5 Å². The highest BCUT2D eigenvalue weighted by Crippen LogP contribution is 2.25. The summed E-state index contributed by atoms with van der Waals surface area (Å²) in [6.07, 6.45) is 0.952. The fraction of sp³-hybridized carbons (Fsp3) is 0.737. The van der Waals surface area contributed by atoms with E-state index in [1.165, 1.54) is 0 Å². The summed E-state index contributed by atoms with van der Waals surface area (Å²) >= 11 is 1.70. The summed E-state index contributed by atoms with van der Waals surface area (Å²) in [6, 6.07) is 0.246. The van der Waals surface area contributed by atoms with Gasteiger partial charge in [-0.25, -0.2) is 9.98 Å². The highest BCUT2D eigenvalue weighted by Gasteiger charge is 2.28. The number of hydrogen-bond donors (Lipinski definition) is 2. The molecule has 0 bridgehead atoms. The first-order valence-electron chi connectivity index (χ1n) is 9.49. The van der Waals surface area contributed by atoms with Crippen molar-refractivity contribution in [1.29, 1.82) is 0 Å². The van der Waals surface area contributed by atoms with Crippen LogP contribution in [0, 0.1) is 5.92 Å². The number of carbonyl (C=O) groups is 1. The van der Waals surface area contributed by atoms with Gasteiger partial charge in [-0.3, -0.25) is 4.79 Å². The largest absolute Gasteiger partial charge is 0.357 e. The van der Waals surface area contributed by atoms with Gasteiger partial charge in [0.1, 0.15) is 0 Å². The van der Waals surface area contributed by atoms with Crippen molar-refractivity contribution in [3.8, 4) is 0 Å². The number of aliphatic imine (C=N–C) groups is 1. The lowest BCUT2D eigenvalue weighted by atomic mass is 9.98. The number of likely N-dealkylation sites (tertiary alicyclic amines) is 1. The molecule has 2 N–H and O–H groups in total. The minimum absolute atomic E-state index is 0.0531. The highest BCUT2D eigenvalue weighted by molar-refractivity contribution is 7.09. The number of thiazole rings is 1. The van der Waals surface area contributed by atoms with Crippen LogP contribution < -0.4 is 10.6 Å². The Hall–Kier alpha value is -1.63. The molecule has 0 radical (unpaired) electrons. The monoisotopic (exact) mass is 379 g/mol. The third-order valence-electron chi connectivity index (χ3n) is 4.27. The summed E-state index contributed by atoms with van der Waals surface area (Å²) in [5.41, 5.74) is 1.08. The number of hydrogen-bond acceptors (Lipinski definition) is 4. The number of nitrogens with one attached hydrogen (secondary N) is 2. The zero-order chi connectivity index (χ0) is 19.3. The molecular weight excluding hydrogens is 346 g/mol. The van der Waals surface area contributed by atoms with Crippen molar-refractivity contribution in [3.63, 3.8) is 0 Å². The van der Waals surface area contributed by atoms with E-state index in [1.807, 2.05) is 18.7 Å². The SMILES string of the molecule is CCNC(=NCc1csc(C(C)(C)C)n1)NC1CCN(C(=O)C(C)C)C1. The third kappa shape index (κ3) is 5.69. The lowest BCUT2D eigenvalue weighted by Gasteiger charge is -2.20. The summed E-state index contributed by atoms with van der Waals surface area (Å²) in [4.78, 5) is 23.5. The van der Waals surface area contributed by atoms with E-state index in [1.54, 1.807) is 11.3 Å². The molecular formula is C19H33N5OS. The summed E-state index contributed by atoms with van der Waals surface area (Å²) in [5.74, 6) is 1.08. The number of amides is 1. The van der Waals surface area contributed by atoms with E-state index < -0.39 is 0 Å². The molecule has 0 spiro atoms. The molecule has 1 fully saturated rings. The number of carbonyl (C=O) groups excluding carboxylic acids is 1. The van der Waals surface area contributed by atoms with Gasteiger partial charge in [0.05, 0.1) is 17.2 Å². The Labute approximate surface area is 161 Å². The molecule has 1 aromatic rings. The maximum absolute atomic E-state index is 12.1. The first-order chi connectivity index (χ1) is 12.2. The predicted octanol–water partition coefficient (Wildman–Crippen LogP) is 2.75. The molecule has 2 rings (SSSR count). The summed E-state index contributed by atoms with van der Waals surface area (Å²) < 4.78 is 0. The van der Waals surface area contributed by atoms with Crippen LogP contribution in [-0.2, 0) is 16.8 Å². The van der Waals surface area contributed by atoms with E-state index in [4.69, 9.17) is 4.98 Å². The Bertz CT molecular complexity index is 632. The fourth-order valence-electron chi connectivity index (χ4n) is 2.84. The molecule has 1 saturated heterocycles. The van der Waals surface area contributed by atoms with Crippen molar-refractivity contribution < 1.29 is 4.79 Å². The second kappa shape index (κ2) is 8.84. The zero-order valence-corrected chi connectivity index (χ0v) is 17.7. The molecule has 1 atom stereocenters. The van der Waals surface area contributed by atoms with Crippen LogP contribution in [0.4, 0.5) is 0 Å². The second-order valence-electron chi connectivity index (χ2n) is 8.16. The lowest BCUT2D eigenvalue weighted by molar-refractivity contribution is -0.133. The second-order valence-corrected chi connectivity index (χ2v) is 9.02. The standard InChI is InChI=1S/C19H33N5OS/c1-7-20-18(21-10-15-12-26-17(22-15)19(4,5)6)23-14-8-9-24(11-14)16(25)13(2)3/h12-14H,7-11H2,1-6H3,(H2,20,21,23). The Kier molecular flexibility index (Phi) is 7.03. The molecule has 1 amide bonds. The molecule has 1 unspecified atom stereocenters. The number of rotatable bonds is 5. The van der Waals surface area contributed by atoms with Crippen molar-refractivity contribution in [2.75, 3.05) is 19.6 Å². The normalized spacial score (nSPS) is 18.5. The Morgan fingerprint density at radius 3 is 2.77 bits per heavy atom. The molecule has 0 aromatic carbocycles. The van der Waals surface area contributed by atoms with Crippen LogP contribution in [0.3, 0.4) is 0 Å². The molecule has 1 aliphatic rings. The zero-order valence-electron chi connectivity index (χ0n) is 16.9. The average molecular weight is 380 g/mol. The smallest absolute Gasteiger partial charge is 0.225 e. The van der Waals surface area contributed by atoms with Gasteiger partial charge in [-0.2, -0.15) is 0 Å². The van der Waals surface area contributed by atoms with Gasteiger partial charge in [-0.15, -0.1) is 11.3 Å². The van der Waals surface area contributed by atoms with Crippen molar-refractivity contribution in [3.05, 3.63) is 16.1 Å². The Morgan fingerprint density at radius 2 is 2.19 bits per heavy atom. The van der Waals surface area contributed by atoms with Crippen molar-refractivity contribution in [2.24, 2.45) is 10.9 Å². The minimum atomic E-state index is 0.0531. The molecule has 146 valence electrons. The fourth-order valence-corrected chi connectivity index (χ4v) is 3.74. The van der Waals surface area contributed by atoms with Crippen molar-refractivity contribution >= 4 is 23.2 Å². The summed E-state index contributed by atoms with van der Waals surface area (Å²) in [6.45, 7) is 15.4. The van der Waals surface area contributed by atoms with E-state index in [0.717, 1.165) is 42.7 Å². The molecule has 1 aliphatic heterocycles. The van der Waals surface area contributed by atoms with Gasteiger partial charge in [0.15, 0.2) is 5.96 Å². The summed E-state index contributed by atoms with van der Waals surface area (Å²) in [5, 5.41) is 9.99. The number of guanidine groups is 1. The van der Waals surface area contributed by atoms with E-state index in [2.05, 4.69) is 48.7 Å². The van der Waals surface area contributed by atoms with Crippen molar-refractivity contribution in [1.82, 2.24) is 20.5 Å². The predicted molar refractivity (Wildman–Crippen MR) is 109 cm³/mol. The van der Waals surface area contributed by atoms with Crippen LogP contribution in [0.1, 0.15) is 58.7 Å². The van der Waals surface area contributed by atoms with Crippen LogP contribution in [-0.4, -0.2) is 47.4 Å². The van der Waals surface area contributed by atoms with Gasteiger partial charge >= 0.3 is 0 Å².